The van der Waals surface area contributed by atoms with Crippen LogP contribution in [0, 0.1) is 17.7 Å². The minimum Gasteiger partial charge on any atom is -0.478 e. The molecule has 1 rings (SSSR count). The summed E-state index contributed by atoms with van der Waals surface area (Å²) in [7, 11) is 0. The van der Waals surface area contributed by atoms with Crippen molar-refractivity contribution in [1.29, 1.82) is 0 Å². The van der Waals surface area contributed by atoms with E-state index in [0.717, 1.165) is 12.1 Å². The number of hydrogen-bond donors (Lipinski definition) is 1. The number of rotatable bonds is 2. The van der Waals surface area contributed by atoms with Crippen LogP contribution in [0.2, 0.25) is 0 Å². The third kappa shape index (κ3) is 3.61. The van der Waals surface area contributed by atoms with Crippen molar-refractivity contribution in [3.8, 4) is 11.8 Å². The van der Waals surface area contributed by atoms with Gasteiger partial charge in [-0.3, -0.25) is 0 Å². The number of carboxylic acid groups (broad SMARTS) is 1. The summed E-state index contributed by atoms with van der Waals surface area (Å²) in [6, 6.07) is 3.33. The summed E-state index contributed by atoms with van der Waals surface area (Å²) in [5.41, 5.74) is -0.252. The SMILES string of the molecule is CCOC(=O)C#Cc1ccc(F)c(C(=O)O)c1. The van der Waals surface area contributed by atoms with Crippen LogP contribution in [-0.2, 0) is 9.53 Å². The molecule has 17 heavy (non-hydrogen) atoms. The van der Waals surface area contributed by atoms with Gasteiger partial charge in [-0.15, -0.1) is 0 Å². The monoisotopic (exact) mass is 236 g/mol. The summed E-state index contributed by atoms with van der Waals surface area (Å²) in [4.78, 5) is 21.6. The van der Waals surface area contributed by atoms with Crippen molar-refractivity contribution in [2.24, 2.45) is 0 Å². The fraction of sp³-hybridized carbons (Fsp3) is 0.167. The molecule has 0 unspecified atom stereocenters. The minimum absolute atomic E-state index is 0.206. The van der Waals surface area contributed by atoms with Crippen molar-refractivity contribution in [1.82, 2.24) is 0 Å². The van der Waals surface area contributed by atoms with Crippen LogP contribution in [0.25, 0.3) is 0 Å². The lowest BCUT2D eigenvalue weighted by Crippen LogP contribution is -2.01. The highest BCUT2D eigenvalue weighted by Gasteiger charge is 2.09. The molecule has 0 saturated heterocycles. The molecule has 0 fully saturated rings. The van der Waals surface area contributed by atoms with Crippen LogP contribution in [0.4, 0.5) is 4.39 Å². The predicted octanol–water partition coefficient (Wildman–Crippen LogP) is 1.44. The molecule has 0 aromatic heterocycles. The molecule has 0 saturated carbocycles. The fourth-order valence-electron chi connectivity index (χ4n) is 1.06. The van der Waals surface area contributed by atoms with Gasteiger partial charge in [-0.05, 0) is 25.1 Å². The molecule has 0 spiro atoms. The van der Waals surface area contributed by atoms with Crippen molar-refractivity contribution in [3.05, 3.63) is 35.1 Å². The van der Waals surface area contributed by atoms with Gasteiger partial charge in [-0.1, -0.05) is 5.92 Å². The van der Waals surface area contributed by atoms with E-state index in [-0.39, 0.29) is 12.2 Å². The third-order valence-electron chi connectivity index (χ3n) is 1.78. The summed E-state index contributed by atoms with van der Waals surface area (Å²) < 4.78 is 17.6. The number of halogens is 1. The zero-order chi connectivity index (χ0) is 12.8. The number of carboxylic acids is 1. The van der Waals surface area contributed by atoms with Crippen LogP contribution in [0.5, 0.6) is 0 Å². The van der Waals surface area contributed by atoms with Crippen molar-refractivity contribution >= 4 is 11.9 Å². The normalized spacial score (nSPS) is 9.06. The van der Waals surface area contributed by atoms with Crippen LogP contribution < -0.4 is 0 Å². The van der Waals surface area contributed by atoms with Crippen molar-refractivity contribution < 1.29 is 23.8 Å². The van der Waals surface area contributed by atoms with E-state index in [9.17, 15) is 14.0 Å². The molecule has 0 aliphatic rings. The lowest BCUT2D eigenvalue weighted by Gasteiger charge is -1.97. The van der Waals surface area contributed by atoms with E-state index >= 15 is 0 Å². The molecule has 88 valence electrons. The molecule has 0 bridgehead atoms. The van der Waals surface area contributed by atoms with Gasteiger partial charge in [0.05, 0.1) is 12.2 Å². The summed E-state index contributed by atoms with van der Waals surface area (Å²) in [6.07, 6.45) is 0. The first kappa shape index (κ1) is 12.7. The Morgan fingerprint density at radius 3 is 2.76 bits per heavy atom. The maximum atomic E-state index is 13.0. The van der Waals surface area contributed by atoms with E-state index in [1.54, 1.807) is 6.92 Å². The first-order valence-electron chi connectivity index (χ1n) is 4.76. The molecule has 0 atom stereocenters. The molecule has 4 nitrogen and oxygen atoms in total. The first-order valence-corrected chi connectivity index (χ1v) is 4.76. The third-order valence-corrected chi connectivity index (χ3v) is 1.78. The van der Waals surface area contributed by atoms with Crippen molar-refractivity contribution in [2.45, 2.75) is 6.92 Å². The van der Waals surface area contributed by atoms with Gasteiger partial charge in [-0.25, -0.2) is 14.0 Å². The van der Waals surface area contributed by atoms with Crippen molar-refractivity contribution in [2.75, 3.05) is 6.61 Å². The number of ether oxygens (including phenoxy) is 1. The Labute approximate surface area is 97.0 Å². The van der Waals surface area contributed by atoms with E-state index in [1.807, 2.05) is 0 Å². The maximum absolute atomic E-state index is 13.0. The lowest BCUT2D eigenvalue weighted by atomic mass is 10.1. The molecule has 1 aromatic rings. The van der Waals surface area contributed by atoms with Gasteiger partial charge >= 0.3 is 11.9 Å². The zero-order valence-corrected chi connectivity index (χ0v) is 8.99. The highest BCUT2D eigenvalue weighted by atomic mass is 19.1. The molecule has 0 heterocycles. The smallest absolute Gasteiger partial charge is 0.384 e. The Bertz CT molecular complexity index is 511. The number of esters is 1. The van der Waals surface area contributed by atoms with Gasteiger partial charge in [0, 0.05) is 11.5 Å². The van der Waals surface area contributed by atoms with E-state index in [1.165, 1.54) is 6.07 Å². The molecule has 0 aliphatic carbocycles. The standard InChI is InChI=1S/C12H9FO4/c1-2-17-11(14)6-4-8-3-5-10(13)9(7-8)12(15)16/h3,5,7H,2H2,1H3,(H,15,16). The van der Waals surface area contributed by atoms with Gasteiger partial charge in [-0.2, -0.15) is 0 Å². The van der Waals surface area contributed by atoms with E-state index in [0.29, 0.717) is 0 Å². The molecular weight excluding hydrogens is 227 g/mol. The largest absolute Gasteiger partial charge is 0.478 e. The summed E-state index contributed by atoms with van der Waals surface area (Å²) >= 11 is 0. The fourth-order valence-corrected chi connectivity index (χ4v) is 1.06. The van der Waals surface area contributed by atoms with Crippen LogP contribution in [-0.4, -0.2) is 23.7 Å². The van der Waals surface area contributed by atoms with Gasteiger partial charge in [0.25, 0.3) is 0 Å². The van der Waals surface area contributed by atoms with Gasteiger partial charge in [0.2, 0.25) is 0 Å². The van der Waals surface area contributed by atoms with Crippen LogP contribution in [0.15, 0.2) is 18.2 Å². The molecule has 0 radical (unpaired) electrons. The molecule has 0 amide bonds. The van der Waals surface area contributed by atoms with E-state index in [4.69, 9.17) is 5.11 Å². The Morgan fingerprint density at radius 2 is 2.18 bits per heavy atom. The van der Waals surface area contributed by atoms with Crippen LogP contribution in [0.1, 0.15) is 22.8 Å². The van der Waals surface area contributed by atoms with E-state index in [2.05, 4.69) is 16.6 Å². The number of benzene rings is 1. The second-order valence-corrected chi connectivity index (χ2v) is 2.97. The summed E-state index contributed by atoms with van der Waals surface area (Å²) in [5.74, 6) is 1.61. The second-order valence-electron chi connectivity index (χ2n) is 2.97. The van der Waals surface area contributed by atoms with Crippen molar-refractivity contribution in [3.63, 3.8) is 0 Å². The maximum Gasteiger partial charge on any atom is 0.384 e. The summed E-state index contributed by atoms with van der Waals surface area (Å²) in [5, 5.41) is 8.67. The average molecular weight is 236 g/mol. The first-order chi connectivity index (χ1) is 8.04. The molecule has 0 aliphatic heterocycles. The Morgan fingerprint density at radius 1 is 1.47 bits per heavy atom. The highest BCUT2D eigenvalue weighted by molar-refractivity contribution is 5.90. The van der Waals surface area contributed by atoms with E-state index < -0.39 is 23.3 Å². The zero-order valence-electron chi connectivity index (χ0n) is 8.99. The Kier molecular flexibility index (Phi) is 4.23. The molecular formula is C12H9FO4. The molecule has 5 heteroatoms. The lowest BCUT2D eigenvalue weighted by molar-refractivity contribution is -0.136. The number of aromatic carboxylic acids is 1. The highest BCUT2D eigenvalue weighted by Crippen LogP contribution is 2.09. The average Bonchev–Trinajstić information content (AvgIpc) is 2.28. The topological polar surface area (TPSA) is 63.6 Å². The van der Waals surface area contributed by atoms with Crippen LogP contribution in [0.3, 0.4) is 0 Å². The second kappa shape index (κ2) is 5.66. The van der Waals surface area contributed by atoms with Crippen LogP contribution >= 0.6 is 0 Å². The quantitative estimate of drug-likeness (QED) is 0.623. The minimum atomic E-state index is -1.39. The van der Waals surface area contributed by atoms with Gasteiger partial charge in [0.1, 0.15) is 5.82 Å². The van der Waals surface area contributed by atoms with Gasteiger partial charge < -0.3 is 9.84 Å². The Hall–Kier alpha value is -2.35. The number of hydrogen-bond acceptors (Lipinski definition) is 3. The molecule has 1 N–H and O–H groups in total. The number of carbonyl (C=O) groups is 2. The Balaban J connectivity index is 2.97. The number of carbonyl (C=O) groups excluding carboxylic acids is 1. The molecule has 1 aromatic carbocycles. The van der Waals surface area contributed by atoms with Gasteiger partial charge in [0.15, 0.2) is 0 Å². The predicted molar refractivity (Wildman–Crippen MR) is 56.9 cm³/mol. The summed E-state index contributed by atoms with van der Waals surface area (Å²) in [6.45, 7) is 1.84.